The fraction of sp³-hybridized carbons (Fsp3) is 0.833. The first-order valence-electron chi connectivity index (χ1n) is 6.07. The summed E-state index contributed by atoms with van der Waals surface area (Å²) in [7, 11) is 0. The number of hydrogen-bond donors (Lipinski definition) is 0. The average molecular weight is 252 g/mol. The van der Waals surface area contributed by atoms with Crippen molar-refractivity contribution in [2.75, 3.05) is 26.4 Å². The smallest absolute Gasteiger partial charge is 0.115 e. The quantitative estimate of drug-likeness (QED) is 0.635. The minimum absolute atomic E-state index is 0.115. The van der Waals surface area contributed by atoms with Gasteiger partial charge < -0.3 is 18.9 Å². The lowest BCUT2D eigenvalue weighted by Gasteiger charge is -2.16. The van der Waals surface area contributed by atoms with E-state index in [0.717, 1.165) is 0 Å². The molecule has 6 heteroatoms. The monoisotopic (exact) mass is 252 g/mol. The molecule has 18 heavy (non-hydrogen) atoms. The molecule has 0 aromatic carbocycles. The number of nitrogens with zero attached hydrogens (tertiary/aromatic N) is 2. The normalized spacial score (nSPS) is 33.9. The summed E-state index contributed by atoms with van der Waals surface area (Å²) < 4.78 is 22.3. The topological polar surface area (TPSA) is 84.5 Å². The third kappa shape index (κ3) is 2.98. The molecule has 0 bridgehead atoms. The zero-order chi connectivity index (χ0) is 12.8. The maximum atomic E-state index is 8.45. The summed E-state index contributed by atoms with van der Waals surface area (Å²) >= 11 is 0. The van der Waals surface area contributed by atoms with Crippen LogP contribution in [0.15, 0.2) is 0 Å². The van der Waals surface area contributed by atoms with E-state index in [0.29, 0.717) is 39.3 Å². The molecule has 2 fully saturated rings. The van der Waals surface area contributed by atoms with E-state index in [-0.39, 0.29) is 24.4 Å². The molecule has 98 valence electrons. The van der Waals surface area contributed by atoms with Crippen LogP contribution >= 0.6 is 0 Å². The zero-order valence-electron chi connectivity index (χ0n) is 10.1. The molecule has 0 unspecified atom stereocenters. The molecular formula is C12H16N2O4. The second-order valence-corrected chi connectivity index (χ2v) is 4.23. The third-order valence-corrected chi connectivity index (χ3v) is 3.05. The number of ether oxygens (including phenoxy) is 4. The van der Waals surface area contributed by atoms with Crippen molar-refractivity contribution < 1.29 is 18.9 Å². The van der Waals surface area contributed by atoms with Crippen molar-refractivity contribution >= 4 is 0 Å². The molecule has 0 saturated carbocycles. The van der Waals surface area contributed by atoms with Gasteiger partial charge in [0.05, 0.1) is 51.4 Å². The highest BCUT2D eigenvalue weighted by Crippen LogP contribution is 2.30. The lowest BCUT2D eigenvalue weighted by molar-refractivity contribution is -0.0484. The first-order chi connectivity index (χ1) is 8.86. The minimum atomic E-state index is -0.118. The molecule has 0 aromatic rings. The maximum absolute atomic E-state index is 8.45. The Hall–Kier alpha value is -1.18. The van der Waals surface area contributed by atoms with Crippen LogP contribution in [0.2, 0.25) is 0 Å². The summed E-state index contributed by atoms with van der Waals surface area (Å²) in [6.45, 7) is 1.74. The Morgan fingerprint density at radius 1 is 0.889 bits per heavy atom. The van der Waals surface area contributed by atoms with Crippen LogP contribution in [0.1, 0.15) is 12.8 Å². The highest BCUT2D eigenvalue weighted by Gasteiger charge is 2.48. The summed E-state index contributed by atoms with van der Waals surface area (Å²) in [5.41, 5.74) is 0. The van der Waals surface area contributed by atoms with Crippen LogP contribution in [0.3, 0.4) is 0 Å². The van der Waals surface area contributed by atoms with Gasteiger partial charge in [0, 0.05) is 0 Å². The van der Waals surface area contributed by atoms with Gasteiger partial charge in [-0.2, -0.15) is 10.5 Å². The second kappa shape index (κ2) is 6.67. The van der Waals surface area contributed by atoms with Gasteiger partial charge in [-0.05, 0) is 0 Å². The van der Waals surface area contributed by atoms with E-state index in [9.17, 15) is 0 Å². The van der Waals surface area contributed by atoms with Crippen molar-refractivity contribution in [3.8, 4) is 12.1 Å². The molecule has 0 amide bonds. The Bertz CT molecular complexity index is 315. The largest absolute Gasteiger partial charge is 0.372 e. The van der Waals surface area contributed by atoms with Crippen LogP contribution in [0, 0.1) is 22.7 Å². The van der Waals surface area contributed by atoms with Gasteiger partial charge in [-0.25, -0.2) is 0 Å². The maximum Gasteiger partial charge on any atom is 0.115 e. The third-order valence-electron chi connectivity index (χ3n) is 3.05. The zero-order valence-corrected chi connectivity index (χ0v) is 10.1. The van der Waals surface area contributed by atoms with Gasteiger partial charge in [0.15, 0.2) is 0 Å². The van der Waals surface area contributed by atoms with Crippen LogP contribution in [0.25, 0.3) is 0 Å². The molecular weight excluding hydrogens is 236 g/mol. The molecule has 0 radical (unpaired) electrons. The van der Waals surface area contributed by atoms with Crippen LogP contribution in [-0.2, 0) is 18.9 Å². The molecule has 4 atom stereocenters. The first kappa shape index (κ1) is 13.3. The lowest BCUT2D eigenvalue weighted by Crippen LogP contribution is -2.34. The number of fused-ring (bicyclic) bond motifs is 1. The standard InChI is InChI=1S/C12H16N2O4/c13-3-1-5-15-9-7-17-12-10(8-18-11(9)12)16-6-2-4-14/h9-12H,1-2,5-8H2/t9-,10+,11-,12-/m1/s1. The average Bonchev–Trinajstić information content (AvgIpc) is 2.94. The van der Waals surface area contributed by atoms with Crippen molar-refractivity contribution in [1.29, 1.82) is 10.5 Å². The van der Waals surface area contributed by atoms with Crippen molar-refractivity contribution in [3.05, 3.63) is 0 Å². The molecule has 2 aliphatic heterocycles. The van der Waals surface area contributed by atoms with Gasteiger partial charge in [-0.15, -0.1) is 0 Å². The second-order valence-electron chi connectivity index (χ2n) is 4.23. The fourth-order valence-corrected chi connectivity index (χ4v) is 2.23. The van der Waals surface area contributed by atoms with Gasteiger partial charge in [-0.1, -0.05) is 0 Å². The fourth-order valence-electron chi connectivity index (χ4n) is 2.23. The molecule has 2 heterocycles. The molecule has 0 N–H and O–H groups in total. The molecule has 0 aromatic heterocycles. The van der Waals surface area contributed by atoms with Crippen LogP contribution < -0.4 is 0 Å². The van der Waals surface area contributed by atoms with Gasteiger partial charge in [0.25, 0.3) is 0 Å². The van der Waals surface area contributed by atoms with Crippen molar-refractivity contribution in [1.82, 2.24) is 0 Å². The van der Waals surface area contributed by atoms with Gasteiger partial charge in [-0.3, -0.25) is 0 Å². The van der Waals surface area contributed by atoms with Gasteiger partial charge in [0.2, 0.25) is 0 Å². The van der Waals surface area contributed by atoms with Crippen LogP contribution in [-0.4, -0.2) is 50.8 Å². The highest BCUT2D eigenvalue weighted by molar-refractivity contribution is 4.96. The molecule has 0 spiro atoms. The van der Waals surface area contributed by atoms with E-state index >= 15 is 0 Å². The van der Waals surface area contributed by atoms with E-state index in [1.54, 1.807) is 0 Å². The Kier molecular flexibility index (Phi) is 4.91. The van der Waals surface area contributed by atoms with Crippen molar-refractivity contribution in [3.63, 3.8) is 0 Å². The number of hydrogen-bond acceptors (Lipinski definition) is 6. The summed E-state index contributed by atoms with van der Waals surface area (Å²) in [6, 6.07) is 4.07. The summed E-state index contributed by atoms with van der Waals surface area (Å²) in [4.78, 5) is 0. The highest BCUT2D eigenvalue weighted by atomic mass is 16.6. The van der Waals surface area contributed by atoms with Gasteiger partial charge >= 0.3 is 0 Å². The lowest BCUT2D eigenvalue weighted by atomic mass is 10.1. The van der Waals surface area contributed by atoms with Crippen LogP contribution in [0.5, 0.6) is 0 Å². The van der Waals surface area contributed by atoms with Crippen LogP contribution in [0.4, 0.5) is 0 Å². The van der Waals surface area contributed by atoms with E-state index < -0.39 is 0 Å². The molecule has 2 rings (SSSR count). The summed E-state index contributed by atoms with van der Waals surface area (Å²) in [5.74, 6) is 0. The minimum Gasteiger partial charge on any atom is -0.372 e. The Balaban J connectivity index is 1.76. The van der Waals surface area contributed by atoms with E-state index in [1.807, 2.05) is 12.1 Å². The molecule has 2 aliphatic rings. The SMILES string of the molecule is N#CCCO[C@H]1CO[C@H]2[C@@H]1OC[C@H]2OCCC#N. The Morgan fingerprint density at radius 3 is 1.72 bits per heavy atom. The van der Waals surface area contributed by atoms with E-state index in [2.05, 4.69) is 0 Å². The van der Waals surface area contributed by atoms with E-state index in [1.165, 1.54) is 0 Å². The van der Waals surface area contributed by atoms with Gasteiger partial charge in [0.1, 0.15) is 24.4 Å². The Labute approximate surface area is 106 Å². The van der Waals surface area contributed by atoms with E-state index in [4.69, 9.17) is 29.5 Å². The molecule has 2 saturated heterocycles. The molecule has 0 aliphatic carbocycles. The predicted octanol–water partition coefficient (Wildman–Crippen LogP) is 0.382. The summed E-state index contributed by atoms with van der Waals surface area (Å²) in [6.07, 6.45) is 0.277. The number of rotatable bonds is 6. The van der Waals surface area contributed by atoms with Crippen molar-refractivity contribution in [2.24, 2.45) is 0 Å². The summed E-state index contributed by atoms with van der Waals surface area (Å²) in [5, 5.41) is 16.9. The first-order valence-corrected chi connectivity index (χ1v) is 6.07. The Morgan fingerprint density at radius 2 is 1.33 bits per heavy atom. The van der Waals surface area contributed by atoms with Crippen molar-refractivity contribution in [2.45, 2.75) is 37.3 Å². The predicted molar refractivity (Wildman–Crippen MR) is 59.4 cm³/mol. The number of nitriles is 2. The molecule has 6 nitrogen and oxygen atoms in total.